The van der Waals surface area contributed by atoms with E-state index in [1.807, 2.05) is 6.08 Å². The van der Waals surface area contributed by atoms with Crippen LogP contribution in [0.5, 0.6) is 0 Å². The summed E-state index contributed by atoms with van der Waals surface area (Å²) in [6, 6.07) is 11.4. The molecule has 0 saturated carbocycles. The molecule has 0 amide bonds. The van der Waals surface area contributed by atoms with Gasteiger partial charge < -0.3 is 9.05 Å². The number of rotatable bonds is 8. The van der Waals surface area contributed by atoms with E-state index in [9.17, 15) is 27.7 Å². The minimum absolute atomic E-state index is 0.0137. The zero-order chi connectivity index (χ0) is 25.1. The fraction of sp³-hybridized carbons (Fsp3) is 0.320. The van der Waals surface area contributed by atoms with E-state index in [4.69, 9.17) is 0 Å². The molecular formula is C25H27F2O6P. The SMILES string of the molecule is COP(=O)(CC(=O)c1ccccc1F)OC.O=C1CCCCC=C1CC(=O)c1ccccc1F. The third-order valence-electron chi connectivity index (χ3n) is 5.20. The maximum Gasteiger partial charge on any atom is 0.337 e. The van der Waals surface area contributed by atoms with E-state index in [1.54, 1.807) is 12.1 Å². The molecule has 0 fully saturated rings. The third kappa shape index (κ3) is 7.90. The van der Waals surface area contributed by atoms with Gasteiger partial charge in [-0.15, -0.1) is 0 Å². The maximum absolute atomic E-state index is 13.4. The Balaban J connectivity index is 0.000000242. The molecule has 3 rings (SSSR count). The lowest BCUT2D eigenvalue weighted by Gasteiger charge is -2.12. The molecule has 2 aromatic rings. The average Bonchev–Trinajstić information content (AvgIpc) is 3.03. The Morgan fingerprint density at radius 2 is 1.41 bits per heavy atom. The highest BCUT2D eigenvalue weighted by molar-refractivity contribution is 7.54. The van der Waals surface area contributed by atoms with Gasteiger partial charge in [-0.3, -0.25) is 18.9 Å². The van der Waals surface area contributed by atoms with E-state index in [1.165, 1.54) is 44.6 Å². The van der Waals surface area contributed by atoms with Crippen LogP contribution in [0, 0.1) is 11.6 Å². The number of carbonyl (C=O) groups excluding carboxylic acids is 3. The summed E-state index contributed by atoms with van der Waals surface area (Å²) in [5.41, 5.74) is 0.494. The summed E-state index contributed by atoms with van der Waals surface area (Å²) in [6.45, 7) is 0. The first-order valence-electron chi connectivity index (χ1n) is 10.7. The topological polar surface area (TPSA) is 86.7 Å². The number of hydrogen-bond acceptors (Lipinski definition) is 6. The number of Topliss-reactive ketones (excluding diaryl/α,β-unsaturated/α-hetero) is 3. The predicted molar refractivity (Wildman–Crippen MR) is 124 cm³/mol. The van der Waals surface area contributed by atoms with Crippen LogP contribution < -0.4 is 0 Å². The van der Waals surface area contributed by atoms with Crippen molar-refractivity contribution in [2.24, 2.45) is 0 Å². The molecule has 0 saturated heterocycles. The van der Waals surface area contributed by atoms with Crippen LogP contribution in [0.4, 0.5) is 8.78 Å². The van der Waals surface area contributed by atoms with Crippen LogP contribution in [0.2, 0.25) is 0 Å². The summed E-state index contributed by atoms with van der Waals surface area (Å²) in [5, 5.41) is 0. The summed E-state index contributed by atoms with van der Waals surface area (Å²) in [7, 11) is -1.08. The Kier molecular flexibility index (Phi) is 10.6. The van der Waals surface area contributed by atoms with Crippen molar-refractivity contribution in [1.29, 1.82) is 0 Å². The van der Waals surface area contributed by atoms with E-state index >= 15 is 0 Å². The van der Waals surface area contributed by atoms with Gasteiger partial charge in [0.15, 0.2) is 17.3 Å². The van der Waals surface area contributed by atoms with E-state index < -0.39 is 31.2 Å². The standard InChI is InChI=1S/C15H15FO2.C10H12FO4P/c16-13-8-5-4-7-12(13)15(18)10-11-6-2-1-3-9-14(11)17;1-14-16(13,15-2)7-10(12)8-5-3-4-6-9(8)11/h4-8H,1-3,9-10H2;3-6H,7H2,1-2H3. The minimum Gasteiger partial charge on any atom is -0.312 e. The van der Waals surface area contributed by atoms with Gasteiger partial charge in [-0.25, -0.2) is 8.78 Å². The van der Waals surface area contributed by atoms with Gasteiger partial charge >= 0.3 is 7.60 Å². The van der Waals surface area contributed by atoms with Crippen molar-refractivity contribution >= 4 is 24.9 Å². The number of carbonyl (C=O) groups is 3. The average molecular weight is 492 g/mol. The van der Waals surface area contributed by atoms with E-state index in [0.29, 0.717) is 12.0 Å². The van der Waals surface area contributed by atoms with Crippen molar-refractivity contribution < 1.29 is 36.8 Å². The molecule has 9 heteroatoms. The number of hydrogen-bond donors (Lipinski definition) is 0. The zero-order valence-electron chi connectivity index (χ0n) is 19.1. The summed E-state index contributed by atoms with van der Waals surface area (Å²) >= 11 is 0. The first-order valence-corrected chi connectivity index (χ1v) is 12.4. The van der Waals surface area contributed by atoms with E-state index in [0.717, 1.165) is 25.3 Å². The molecule has 182 valence electrons. The normalized spacial score (nSPS) is 13.9. The van der Waals surface area contributed by atoms with Gasteiger partial charge in [-0.1, -0.05) is 30.3 Å². The largest absolute Gasteiger partial charge is 0.337 e. The molecule has 0 atom stereocenters. The van der Waals surface area contributed by atoms with Gasteiger partial charge in [-0.05, 0) is 49.1 Å². The van der Waals surface area contributed by atoms with Gasteiger partial charge in [-0.2, -0.15) is 0 Å². The first kappa shape index (κ1) is 27.4. The fourth-order valence-electron chi connectivity index (χ4n) is 3.26. The molecule has 0 N–H and O–H groups in total. The molecular weight excluding hydrogens is 465 g/mol. The molecule has 0 spiro atoms. The summed E-state index contributed by atoms with van der Waals surface area (Å²) in [6.07, 6.45) is 4.53. The van der Waals surface area contributed by atoms with Gasteiger partial charge in [0.25, 0.3) is 0 Å². The number of allylic oxidation sites excluding steroid dienone is 2. The Hall–Kier alpha value is -2.80. The van der Waals surface area contributed by atoms with E-state index in [-0.39, 0.29) is 29.1 Å². The number of benzene rings is 2. The van der Waals surface area contributed by atoms with E-state index in [2.05, 4.69) is 9.05 Å². The second-order valence-electron chi connectivity index (χ2n) is 7.52. The van der Waals surface area contributed by atoms with Crippen molar-refractivity contribution in [3.8, 4) is 0 Å². The second kappa shape index (κ2) is 13.2. The zero-order valence-corrected chi connectivity index (χ0v) is 20.0. The lowest BCUT2D eigenvalue weighted by atomic mass is 9.99. The second-order valence-corrected chi connectivity index (χ2v) is 9.78. The third-order valence-corrected chi connectivity index (χ3v) is 6.99. The summed E-state index contributed by atoms with van der Waals surface area (Å²) < 4.78 is 47.6. The van der Waals surface area contributed by atoms with Gasteiger partial charge in [0, 0.05) is 27.1 Å². The molecule has 6 nitrogen and oxygen atoms in total. The molecule has 2 aromatic carbocycles. The van der Waals surface area contributed by atoms with Crippen LogP contribution in [0.25, 0.3) is 0 Å². The molecule has 1 aliphatic carbocycles. The highest BCUT2D eigenvalue weighted by atomic mass is 31.2. The van der Waals surface area contributed by atoms with Crippen LogP contribution in [0.1, 0.15) is 52.8 Å². The molecule has 0 heterocycles. The molecule has 0 aliphatic heterocycles. The lowest BCUT2D eigenvalue weighted by Crippen LogP contribution is -2.10. The molecule has 1 aliphatic rings. The van der Waals surface area contributed by atoms with Crippen molar-refractivity contribution in [3.05, 3.63) is 82.9 Å². The Morgan fingerprint density at radius 1 is 0.882 bits per heavy atom. The fourth-order valence-corrected chi connectivity index (χ4v) is 4.19. The predicted octanol–water partition coefficient (Wildman–Crippen LogP) is 5.96. The molecule has 0 aromatic heterocycles. The van der Waals surface area contributed by atoms with Gasteiger partial charge in [0.2, 0.25) is 0 Å². The van der Waals surface area contributed by atoms with Crippen molar-refractivity contribution in [3.63, 3.8) is 0 Å². The first-order chi connectivity index (χ1) is 16.2. The minimum atomic E-state index is -3.44. The maximum atomic E-state index is 13.4. The highest BCUT2D eigenvalue weighted by Gasteiger charge is 2.27. The Labute approximate surface area is 197 Å². The van der Waals surface area contributed by atoms with Crippen LogP contribution in [0.15, 0.2) is 60.2 Å². The van der Waals surface area contributed by atoms with Crippen LogP contribution in [-0.4, -0.2) is 37.7 Å². The van der Waals surface area contributed by atoms with Crippen molar-refractivity contribution in [2.75, 3.05) is 20.4 Å². The van der Waals surface area contributed by atoms with Gasteiger partial charge in [0.05, 0.1) is 11.1 Å². The molecule has 0 radical (unpaired) electrons. The lowest BCUT2D eigenvalue weighted by molar-refractivity contribution is -0.115. The summed E-state index contributed by atoms with van der Waals surface area (Å²) in [5.74, 6) is -2.08. The molecule has 34 heavy (non-hydrogen) atoms. The smallest absolute Gasteiger partial charge is 0.312 e. The van der Waals surface area contributed by atoms with Crippen LogP contribution in [0.3, 0.4) is 0 Å². The monoisotopic (exact) mass is 492 g/mol. The Bertz CT molecular complexity index is 1100. The molecule has 0 bridgehead atoms. The van der Waals surface area contributed by atoms with Crippen molar-refractivity contribution in [1.82, 2.24) is 0 Å². The molecule has 0 unspecified atom stereocenters. The highest BCUT2D eigenvalue weighted by Crippen LogP contribution is 2.46. The van der Waals surface area contributed by atoms with Crippen LogP contribution >= 0.6 is 7.60 Å². The summed E-state index contributed by atoms with van der Waals surface area (Å²) in [4.78, 5) is 35.3. The van der Waals surface area contributed by atoms with Crippen molar-refractivity contribution in [2.45, 2.75) is 32.1 Å². The number of halogens is 2. The quantitative estimate of drug-likeness (QED) is 0.334. The number of ketones is 3. The Morgan fingerprint density at radius 3 is 1.94 bits per heavy atom. The van der Waals surface area contributed by atoms with Crippen LogP contribution in [-0.2, 0) is 18.4 Å². The van der Waals surface area contributed by atoms with Gasteiger partial charge in [0.1, 0.15) is 17.8 Å².